The van der Waals surface area contributed by atoms with Crippen LogP contribution in [0.3, 0.4) is 0 Å². The van der Waals surface area contributed by atoms with Gasteiger partial charge in [-0.15, -0.1) is 0 Å². The van der Waals surface area contributed by atoms with Crippen molar-refractivity contribution in [3.05, 3.63) is 29.0 Å². The molecule has 3 N–H and O–H groups in total. The van der Waals surface area contributed by atoms with Crippen LogP contribution in [0.2, 0.25) is 0 Å². The fourth-order valence-electron chi connectivity index (χ4n) is 3.87. The highest BCUT2D eigenvalue weighted by molar-refractivity contribution is 5.81. The van der Waals surface area contributed by atoms with E-state index in [0.29, 0.717) is 28.4 Å². The van der Waals surface area contributed by atoms with E-state index in [1.165, 1.54) is 27.1 Å². The highest BCUT2D eigenvalue weighted by Crippen LogP contribution is 2.44. The molecule has 26 heavy (non-hydrogen) atoms. The first kappa shape index (κ1) is 17.9. The number of rotatable bonds is 4. The van der Waals surface area contributed by atoms with E-state index in [0.717, 1.165) is 24.1 Å². The lowest BCUT2D eigenvalue weighted by Crippen LogP contribution is -2.08. The summed E-state index contributed by atoms with van der Waals surface area (Å²) in [5.41, 5.74) is 9.66. The van der Waals surface area contributed by atoms with Crippen LogP contribution in [0.25, 0.3) is 11.1 Å². The maximum absolute atomic E-state index is 10.3. The van der Waals surface area contributed by atoms with Gasteiger partial charge >= 0.3 is 0 Å². The molecule has 136 valence electrons. The van der Waals surface area contributed by atoms with Crippen molar-refractivity contribution in [3.63, 3.8) is 0 Å². The number of aromatic hydroxyl groups is 1. The summed E-state index contributed by atoms with van der Waals surface area (Å²) in [5.74, 6) is 1.18. The minimum atomic E-state index is -0.0528. The third-order valence-corrected chi connectivity index (χ3v) is 5.11. The van der Waals surface area contributed by atoms with Gasteiger partial charge in [0.15, 0.2) is 11.5 Å². The normalized spacial score (nSPS) is 14.2. The molecule has 6 nitrogen and oxygen atoms in total. The van der Waals surface area contributed by atoms with E-state index in [2.05, 4.69) is 11.1 Å². The summed E-state index contributed by atoms with van der Waals surface area (Å²) in [6, 6.07) is 5.49. The molecule has 0 unspecified atom stereocenters. The molecule has 0 aliphatic heterocycles. The number of pyridine rings is 1. The van der Waals surface area contributed by atoms with E-state index in [4.69, 9.17) is 15.2 Å². The molecule has 0 radical (unpaired) electrons. The number of nitriles is 1. The molecule has 0 saturated heterocycles. The van der Waals surface area contributed by atoms with Crippen molar-refractivity contribution in [2.24, 2.45) is 0 Å². The van der Waals surface area contributed by atoms with Crippen LogP contribution >= 0.6 is 0 Å². The summed E-state index contributed by atoms with van der Waals surface area (Å²) < 4.78 is 10.5. The summed E-state index contributed by atoms with van der Waals surface area (Å²) in [5, 5.41) is 20.0. The van der Waals surface area contributed by atoms with Crippen LogP contribution in [-0.4, -0.2) is 24.3 Å². The average molecular weight is 353 g/mol. The van der Waals surface area contributed by atoms with Gasteiger partial charge in [-0.05, 0) is 43.0 Å². The molecule has 0 bridgehead atoms. The Bertz CT molecular complexity index is 881. The van der Waals surface area contributed by atoms with E-state index >= 15 is 0 Å². The first-order valence-electron chi connectivity index (χ1n) is 8.67. The largest absolute Gasteiger partial charge is 0.504 e. The maximum Gasteiger partial charge on any atom is 0.203 e. The van der Waals surface area contributed by atoms with E-state index in [1.54, 1.807) is 12.1 Å². The lowest BCUT2D eigenvalue weighted by molar-refractivity contribution is 0.333. The Morgan fingerprint density at radius 1 is 1.23 bits per heavy atom. The van der Waals surface area contributed by atoms with Gasteiger partial charge in [0.1, 0.15) is 17.5 Å². The van der Waals surface area contributed by atoms with Gasteiger partial charge in [0.2, 0.25) is 5.75 Å². The molecule has 2 aromatic rings. The van der Waals surface area contributed by atoms with Gasteiger partial charge in [-0.25, -0.2) is 4.98 Å². The number of anilines is 1. The van der Waals surface area contributed by atoms with Crippen LogP contribution in [0.15, 0.2) is 12.1 Å². The number of nitrogens with zero attached hydrogens (tertiary/aromatic N) is 2. The van der Waals surface area contributed by atoms with E-state index in [9.17, 15) is 10.4 Å². The fourth-order valence-corrected chi connectivity index (χ4v) is 3.87. The number of aromatic nitrogens is 1. The zero-order valence-corrected chi connectivity index (χ0v) is 15.3. The second kappa shape index (κ2) is 7.12. The molecule has 1 saturated carbocycles. The third kappa shape index (κ3) is 2.90. The summed E-state index contributed by atoms with van der Waals surface area (Å²) in [6.45, 7) is 1.96. The van der Waals surface area contributed by atoms with Gasteiger partial charge in [-0.2, -0.15) is 5.26 Å². The van der Waals surface area contributed by atoms with Gasteiger partial charge in [0, 0.05) is 17.2 Å². The molecule has 1 heterocycles. The number of methoxy groups -OCH3 is 2. The van der Waals surface area contributed by atoms with E-state index in [1.807, 2.05) is 6.92 Å². The maximum atomic E-state index is 10.3. The summed E-state index contributed by atoms with van der Waals surface area (Å²) in [7, 11) is 2.97. The molecule has 3 rings (SSSR count). The topological polar surface area (TPSA) is 101 Å². The molecule has 1 fully saturated rings. The molecular weight excluding hydrogens is 330 g/mol. The predicted octanol–water partition coefficient (Wildman–Crippen LogP) is 3.89. The first-order chi connectivity index (χ1) is 12.5. The molecule has 0 amide bonds. The molecule has 0 spiro atoms. The number of hydrogen-bond acceptors (Lipinski definition) is 6. The van der Waals surface area contributed by atoms with Crippen LogP contribution in [0.5, 0.6) is 17.2 Å². The Hall–Kier alpha value is -2.94. The highest BCUT2D eigenvalue weighted by atomic mass is 16.5. The summed E-state index contributed by atoms with van der Waals surface area (Å²) in [4.78, 5) is 4.55. The van der Waals surface area contributed by atoms with Crippen molar-refractivity contribution in [1.29, 1.82) is 5.26 Å². The van der Waals surface area contributed by atoms with Crippen molar-refractivity contribution >= 4 is 5.82 Å². The molecular formula is C20H23N3O3. The van der Waals surface area contributed by atoms with Crippen molar-refractivity contribution in [2.75, 3.05) is 20.0 Å². The van der Waals surface area contributed by atoms with Crippen LogP contribution in [0.1, 0.15) is 48.4 Å². The van der Waals surface area contributed by atoms with E-state index < -0.39 is 0 Å². The molecule has 1 aromatic heterocycles. The zero-order valence-electron chi connectivity index (χ0n) is 15.3. The van der Waals surface area contributed by atoms with Gasteiger partial charge in [0.05, 0.1) is 14.2 Å². The van der Waals surface area contributed by atoms with Gasteiger partial charge in [-0.3, -0.25) is 0 Å². The monoisotopic (exact) mass is 353 g/mol. The fraction of sp³-hybridized carbons (Fsp3) is 0.400. The van der Waals surface area contributed by atoms with Crippen LogP contribution in [-0.2, 0) is 0 Å². The smallest absolute Gasteiger partial charge is 0.203 e. The molecule has 1 aliphatic rings. The Morgan fingerprint density at radius 2 is 1.92 bits per heavy atom. The van der Waals surface area contributed by atoms with Gasteiger partial charge in [-0.1, -0.05) is 12.8 Å². The second-order valence-electron chi connectivity index (χ2n) is 6.58. The lowest BCUT2D eigenvalue weighted by Gasteiger charge is -2.19. The number of nitrogen functional groups attached to an aromatic ring is 1. The third-order valence-electron chi connectivity index (χ3n) is 5.11. The minimum Gasteiger partial charge on any atom is -0.504 e. The molecule has 1 aliphatic carbocycles. The van der Waals surface area contributed by atoms with Gasteiger partial charge < -0.3 is 20.3 Å². The molecule has 6 heteroatoms. The predicted molar refractivity (Wildman–Crippen MR) is 99.5 cm³/mol. The van der Waals surface area contributed by atoms with Crippen LogP contribution in [0, 0.1) is 18.3 Å². The summed E-state index contributed by atoms with van der Waals surface area (Å²) >= 11 is 0. The SMILES string of the molecule is COc1cc(-c2c(C)c(C3CCCC3)nc(N)c2C#N)cc(O)c1OC. The van der Waals surface area contributed by atoms with E-state index in [-0.39, 0.29) is 17.3 Å². The van der Waals surface area contributed by atoms with Crippen LogP contribution in [0.4, 0.5) is 5.82 Å². The molecule has 0 atom stereocenters. The van der Waals surface area contributed by atoms with Crippen molar-refractivity contribution in [3.8, 4) is 34.4 Å². The molecule has 1 aromatic carbocycles. The van der Waals surface area contributed by atoms with Crippen molar-refractivity contribution in [1.82, 2.24) is 4.98 Å². The lowest BCUT2D eigenvalue weighted by atomic mass is 9.90. The number of benzene rings is 1. The van der Waals surface area contributed by atoms with Crippen LogP contribution < -0.4 is 15.2 Å². The number of phenols is 1. The van der Waals surface area contributed by atoms with Crippen molar-refractivity contribution < 1.29 is 14.6 Å². The quantitative estimate of drug-likeness (QED) is 0.864. The average Bonchev–Trinajstić information content (AvgIpc) is 3.16. The van der Waals surface area contributed by atoms with Crippen molar-refractivity contribution in [2.45, 2.75) is 38.5 Å². The zero-order chi connectivity index (χ0) is 18.8. The second-order valence-corrected chi connectivity index (χ2v) is 6.58. The Balaban J connectivity index is 2.27. The first-order valence-corrected chi connectivity index (χ1v) is 8.67. The Kier molecular flexibility index (Phi) is 4.90. The number of nitrogens with two attached hydrogens (primary N) is 1. The number of phenolic OH excluding ortho intramolecular Hbond substituents is 1. The highest BCUT2D eigenvalue weighted by Gasteiger charge is 2.26. The summed E-state index contributed by atoms with van der Waals surface area (Å²) in [6.07, 6.45) is 4.52. The standard InChI is InChI=1S/C20H23N3O3/c1-11-17(13-8-15(24)19(26-3)16(9-13)25-2)14(10-21)20(22)23-18(11)12-6-4-5-7-12/h8-9,12,24H,4-7H2,1-3H3,(H2,22,23). The minimum absolute atomic E-state index is 0.0528. The van der Waals surface area contributed by atoms with Gasteiger partial charge in [0.25, 0.3) is 0 Å². The Labute approximate surface area is 153 Å². The Morgan fingerprint density at radius 3 is 2.50 bits per heavy atom. The number of ether oxygens (including phenoxy) is 2. The number of hydrogen-bond donors (Lipinski definition) is 2.